The maximum atomic E-state index is 12.2. The van der Waals surface area contributed by atoms with Gasteiger partial charge in [-0.1, -0.05) is 0 Å². The van der Waals surface area contributed by atoms with Crippen molar-refractivity contribution >= 4 is 36.4 Å². The van der Waals surface area contributed by atoms with Crippen LogP contribution < -0.4 is 10.6 Å². The lowest BCUT2D eigenvalue weighted by Crippen LogP contribution is -2.45. The number of pyridine rings is 1. The number of carbonyl (C=O) groups is 1. The number of carbonyl (C=O) groups excluding carboxylic acids is 1. The van der Waals surface area contributed by atoms with Crippen LogP contribution in [0.3, 0.4) is 0 Å². The fourth-order valence-corrected chi connectivity index (χ4v) is 2.38. The summed E-state index contributed by atoms with van der Waals surface area (Å²) in [4.78, 5) is 12.2. The summed E-state index contributed by atoms with van der Waals surface area (Å²) in [7, 11) is 0. The number of fused-ring (bicyclic) bond motifs is 1. The van der Waals surface area contributed by atoms with Crippen LogP contribution in [0.4, 0.5) is 0 Å². The standard InChI is InChI=1S/C13H17N5O.2ClH/c1-9-16-17-12-5-4-10(8-18(9)12)13(19)15-11-3-2-6-14-7-11;;/h4-5,8,11,14H,2-3,6-7H2,1H3,(H,15,19);2*1H/t11-;;/m0../s1. The van der Waals surface area contributed by atoms with Gasteiger partial charge in [0.05, 0.1) is 5.56 Å². The highest BCUT2D eigenvalue weighted by Gasteiger charge is 2.16. The Morgan fingerprint density at radius 1 is 1.38 bits per heavy atom. The number of amides is 1. The Labute approximate surface area is 135 Å². The van der Waals surface area contributed by atoms with Crippen LogP contribution >= 0.6 is 24.8 Å². The third kappa shape index (κ3) is 3.84. The van der Waals surface area contributed by atoms with Gasteiger partial charge in [0.15, 0.2) is 5.65 Å². The molecule has 1 aliphatic rings. The number of piperidine rings is 1. The molecule has 1 atom stereocenters. The van der Waals surface area contributed by atoms with Crippen molar-refractivity contribution < 1.29 is 4.79 Å². The fourth-order valence-electron chi connectivity index (χ4n) is 2.38. The molecule has 0 aliphatic carbocycles. The molecular weight excluding hydrogens is 313 g/mol. The highest BCUT2D eigenvalue weighted by Crippen LogP contribution is 2.08. The van der Waals surface area contributed by atoms with Crippen molar-refractivity contribution in [2.45, 2.75) is 25.8 Å². The molecule has 21 heavy (non-hydrogen) atoms. The number of hydrogen-bond acceptors (Lipinski definition) is 4. The molecule has 6 nitrogen and oxygen atoms in total. The molecule has 0 aromatic carbocycles. The first-order valence-corrected chi connectivity index (χ1v) is 6.57. The first-order valence-electron chi connectivity index (χ1n) is 6.57. The van der Waals surface area contributed by atoms with E-state index in [1.165, 1.54) is 0 Å². The average Bonchev–Trinajstić information content (AvgIpc) is 2.81. The van der Waals surface area contributed by atoms with Crippen molar-refractivity contribution in [1.29, 1.82) is 0 Å². The summed E-state index contributed by atoms with van der Waals surface area (Å²) >= 11 is 0. The number of hydrogen-bond donors (Lipinski definition) is 2. The lowest BCUT2D eigenvalue weighted by atomic mass is 10.1. The van der Waals surface area contributed by atoms with Gasteiger partial charge in [-0.2, -0.15) is 0 Å². The summed E-state index contributed by atoms with van der Waals surface area (Å²) in [6.07, 6.45) is 3.93. The van der Waals surface area contributed by atoms with E-state index in [4.69, 9.17) is 0 Å². The number of aryl methyl sites for hydroxylation is 1. The first kappa shape index (κ1) is 17.7. The highest BCUT2D eigenvalue weighted by atomic mass is 35.5. The number of aromatic nitrogens is 3. The van der Waals surface area contributed by atoms with Gasteiger partial charge >= 0.3 is 0 Å². The van der Waals surface area contributed by atoms with Crippen LogP contribution in [0.25, 0.3) is 5.65 Å². The zero-order valence-corrected chi connectivity index (χ0v) is 13.3. The van der Waals surface area contributed by atoms with Crippen molar-refractivity contribution in [3.05, 3.63) is 29.7 Å². The monoisotopic (exact) mass is 331 g/mol. The molecule has 1 fully saturated rings. The van der Waals surface area contributed by atoms with Gasteiger partial charge in [0.2, 0.25) is 0 Å². The normalized spacial score (nSPS) is 17.7. The molecule has 1 aliphatic heterocycles. The zero-order chi connectivity index (χ0) is 13.2. The minimum atomic E-state index is -0.0382. The number of rotatable bonds is 2. The smallest absolute Gasteiger partial charge is 0.253 e. The maximum absolute atomic E-state index is 12.2. The average molecular weight is 332 g/mol. The van der Waals surface area contributed by atoms with Crippen LogP contribution in [0.1, 0.15) is 29.0 Å². The predicted octanol–water partition coefficient (Wildman–Crippen LogP) is 1.36. The molecular formula is C13H19Cl2N5O. The second-order valence-corrected chi connectivity index (χ2v) is 4.91. The van der Waals surface area contributed by atoms with E-state index in [1.54, 1.807) is 12.3 Å². The molecule has 1 saturated heterocycles. The number of halogens is 2. The third-order valence-corrected chi connectivity index (χ3v) is 3.47. The molecule has 1 amide bonds. The van der Waals surface area contributed by atoms with Crippen molar-refractivity contribution in [2.24, 2.45) is 0 Å². The lowest BCUT2D eigenvalue weighted by Gasteiger charge is -2.23. The second kappa shape index (κ2) is 7.59. The largest absolute Gasteiger partial charge is 0.348 e. The Morgan fingerprint density at radius 2 is 2.19 bits per heavy atom. The van der Waals surface area contributed by atoms with Gasteiger partial charge < -0.3 is 10.6 Å². The third-order valence-electron chi connectivity index (χ3n) is 3.47. The topological polar surface area (TPSA) is 71.3 Å². The van der Waals surface area contributed by atoms with Gasteiger partial charge in [-0.25, -0.2) is 0 Å². The molecule has 0 radical (unpaired) electrons. The van der Waals surface area contributed by atoms with Crippen LogP contribution in [0, 0.1) is 6.92 Å². The molecule has 116 valence electrons. The molecule has 3 heterocycles. The lowest BCUT2D eigenvalue weighted by molar-refractivity contribution is 0.0930. The minimum Gasteiger partial charge on any atom is -0.348 e. The zero-order valence-electron chi connectivity index (χ0n) is 11.7. The molecule has 2 aromatic heterocycles. The van der Waals surface area contributed by atoms with E-state index in [2.05, 4.69) is 20.8 Å². The number of nitrogens with one attached hydrogen (secondary N) is 2. The Balaban J connectivity index is 0.00000110. The first-order chi connectivity index (χ1) is 9.24. The summed E-state index contributed by atoms with van der Waals surface area (Å²) in [5.74, 6) is 0.743. The van der Waals surface area contributed by atoms with E-state index in [-0.39, 0.29) is 36.8 Å². The molecule has 2 N–H and O–H groups in total. The quantitative estimate of drug-likeness (QED) is 0.871. The Hall–Kier alpha value is -1.37. The van der Waals surface area contributed by atoms with E-state index in [0.717, 1.165) is 37.4 Å². The Morgan fingerprint density at radius 3 is 2.90 bits per heavy atom. The molecule has 0 bridgehead atoms. The minimum absolute atomic E-state index is 0. The SMILES string of the molecule is Cc1nnc2ccc(C(=O)N[C@H]3CCCNC3)cn12.Cl.Cl. The van der Waals surface area contributed by atoms with Gasteiger partial charge in [-0.05, 0) is 38.4 Å². The van der Waals surface area contributed by atoms with Gasteiger partial charge in [0, 0.05) is 18.8 Å². The van der Waals surface area contributed by atoms with Crippen molar-refractivity contribution in [1.82, 2.24) is 25.2 Å². The summed E-state index contributed by atoms with van der Waals surface area (Å²) in [5, 5.41) is 14.3. The molecule has 3 rings (SSSR count). The summed E-state index contributed by atoms with van der Waals surface area (Å²) in [6.45, 7) is 3.75. The van der Waals surface area contributed by atoms with Gasteiger partial charge in [0.25, 0.3) is 5.91 Å². The molecule has 0 saturated carbocycles. The van der Waals surface area contributed by atoms with Gasteiger partial charge in [-0.3, -0.25) is 9.20 Å². The van der Waals surface area contributed by atoms with E-state index in [9.17, 15) is 4.79 Å². The number of nitrogens with zero attached hydrogens (tertiary/aromatic N) is 3. The van der Waals surface area contributed by atoms with E-state index in [1.807, 2.05) is 17.4 Å². The van der Waals surface area contributed by atoms with Crippen molar-refractivity contribution in [3.8, 4) is 0 Å². The van der Waals surface area contributed by atoms with Crippen LogP contribution in [0.5, 0.6) is 0 Å². The molecule has 0 spiro atoms. The summed E-state index contributed by atoms with van der Waals surface area (Å²) in [6, 6.07) is 3.82. The van der Waals surface area contributed by atoms with Gasteiger partial charge in [-0.15, -0.1) is 35.0 Å². The molecule has 8 heteroatoms. The van der Waals surface area contributed by atoms with E-state index < -0.39 is 0 Å². The summed E-state index contributed by atoms with van der Waals surface area (Å²) < 4.78 is 1.83. The molecule has 0 unspecified atom stereocenters. The predicted molar refractivity (Wildman–Crippen MR) is 85.6 cm³/mol. The Bertz CT molecular complexity index is 610. The molecule has 2 aromatic rings. The van der Waals surface area contributed by atoms with Gasteiger partial charge in [0.1, 0.15) is 5.82 Å². The van der Waals surface area contributed by atoms with Crippen LogP contribution in [0.2, 0.25) is 0 Å². The van der Waals surface area contributed by atoms with Crippen LogP contribution in [0.15, 0.2) is 18.3 Å². The fraction of sp³-hybridized carbons (Fsp3) is 0.462. The van der Waals surface area contributed by atoms with Crippen LogP contribution in [-0.4, -0.2) is 39.6 Å². The van der Waals surface area contributed by atoms with Crippen molar-refractivity contribution in [2.75, 3.05) is 13.1 Å². The van der Waals surface area contributed by atoms with Crippen molar-refractivity contribution in [3.63, 3.8) is 0 Å². The Kier molecular flexibility index (Phi) is 6.39. The van der Waals surface area contributed by atoms with E-state index in [0.29, 0.717) is 5.56 Å². The summed E-state index contributed by atoms with van der Waals surface area (Å²) in [5.41, 5.74) is 1.40. The second-order valence-electron chi connectivity index (χ2n) is 4.91. The maximum Gasteiger partial charge on any atom is 0.253 e. The highest BCUT2D eigenvalue weighted by molar-refractivity contribution is 5.94. The van der Waals surface area contributed by atoms with Crippen LogP contribution in [-0.2, 0) is 0 Å². The van der Waals surface area contributed by atoms with E-state index >= 15 is 0 Å².